The van der Waals surface area contributed by atoms with E-state index < -0.39 is 0 Å². The first kappa shape index (κ1) is 21.2. The van der Waals surface area contributed by atoms with Gasteiger partial charge in [0.15, 0.2) is 0 Å². The maximum atomic E-state index is 11.8. The fourth-order valence-electron chi connectivity index (χ4n) is 5.28. The van der Waals surface area contributed by atoms with Gasteiger partial charge in [-0.1, -0.05) is 12.6 Å². The summed E-state index contributed by atoms with van der Waals surface area (Å²) in [6.45, 7) is 8.57. The van der Waals surface area contributed by atoms with Gasteiger partial charge in [0.05, 0.1) is 29.0 Å². The Kier molecular flexibility index (Phi) is 5.08. The average Bonchev–Trinajstić information content (AvgIpc) is 3.24. The fourth-order valence-corrected chi connectivity index (χ4v) is 5.70. The average molecular weight is 519 g/mol. The Morgan fingerprint density at radius 1 is 1.24 bits per heavy atom. The molecule has 0 aliphatic carbocycles. The quantitative estimate of drug-likeness (QED) is 0.496. The Hall–Kier alpha value is -3.35. The van der Waals surface area contributed by atoms with Crippen LogP contribution in [0.4, 0.5) is 5.69 Å². The number of hydrogen-bond donors (Lipinski definition) is 0. The lowest BCUT2D eigenvalue weighted by Crippen LogP contribution is -2.67. The van der Waals surface area contributed by atoms with Crippen LogP contribution in [0.1, 0.15) is 5.56 Å². The molecule has 172 valence electrons. The van der Waals surface area contributed by atoms with Crippen LogP contribution in [0, 0.1) is 11.3 Å². The van der Waals surface area contributed by atoms with Crippen molar-refractivity contribution in [1.29, 1.82) is 5.26 Å². The molecule has 1 amide bonds. The van der Waals surface area contributed by atoms with Crippen molar-refractivity contribution in [1.82, 2.24) is 19.4 Å². The van der Waals surface area contributed by atoms with Crippen molar-refractivity contribution in [2.45, 2.75) is 12.1 Å². The molecule has 0 radical (unpaired) electrons. The highest BCUT2D eigenvalue weighted by molar-refractivity contribution is 9.10. The molecule has 1 aromatic carbocycles. The monoisotopic (exact) mass is 518 g/mol. The summed E-state index contributed by atoms with van der Waals surface area (Å²) >= 11 is 3.56. The van der Waals surface area contributed by atoms with Crippen LogP contribution in [0.15, 0.2) is 53.8 Å². The van der Waals surface area contributed by atoms with Crippen molar-refractivity contribution >= 4 is 33.0 Å². The van der Waals surface area contributed by atoms with Crippen molar-refractivity contribution in [2.75, 3.05) is 44.2 Å². The molecule has 3 aromatic rings. The number of carbonyl (C=O) groups is 1. The van der Waals surface area contributed by atoms with E-state index in [-0.39, 0.29) is 11.9 Å². The van der Waals surface area contributed by atoms with Crippen molar-refractivity contribution in [3.8, 4) is 22.9 Å². The van der Waals surface area contributed by atoms with Crippen LogP contribution < -0.4 is 9.64 Å². The molecule has 3 aliphatic rings. The van der Waals surface area contributed by atoms with E-state index >= 15 is 0 Å². The van der Waals surface area contributed by atoms with Gasteiger partial charge in [0.25, 0.3) is 0 Å². The van der Waals surface area contributed by atoms with Crippen LogP contribution in [-0.4, -0.2) is 76.7 Å². The number of halogens is 1. The number of carbonyl (C=O) groups excluding carboxylic acids is 1. The number of benzene rings is 1. The molecular weight excluding hydrogens is 496 g/mol. The van der Waals surface area contributed by atoms with Crippen LogP contribution in [-0.2, 0) is 4.79 Å². The second-order valence-corrected chi connectivity index (χ2v) is 9.89. The molecule has 9 heteroatoms. The first-order valence-corrected chi connectivity index (χ1v) is 12.1. The highest BCUT2D eigenvalue weighted by Crippen LogP contribution is 2.40. The summed E-state index contributed by atoms with van der Waals surface area (Å²) in [5, 5.41) is 13.9. The van der Waals surface area contributed by atoms with Gasteiger partial charge in [0.1, 0.15) is 18.4 Å². The van der Waals surface area contributed by atoms with Gasteiger partial charge >= 0.3 is 0 Å². The summed E-state index contributed by atoms with van der Waals surface area (Å²) in [4.78, 5) is 18.5. The van der Waals surface area contributed by atoms with E-state index in [0.717, 1.165) is 65.3 Å². The number of rotatable bonds is 3. The summed E-state index contributed by atoms with van der Waals surface area (Å²) in [6, 6.07) is 11.3. The molecule has 0 bridgehead atoms. The molecule has 5 heterocycles. The molecule has 2 aromatic heterocycles. The first-order valence-electron chi connectivity index (χ1n) is 11.3. The third kappa shape index (κ3) is 3.37. The number of fused-ring (bicyclic) bond motifs is 4. The molecule has 8 nitrogen and oxygen atoms in total. The minimum atomic E-state index is 0.0150. The third-order valence-corrected chi connectivity index (χ3v) is 7.52. The Labute approximate surface area is 205 Å². The number of nitriles is 1. The number of amides is 1. The maximum absolute atomic E-state index is 11.8. The zero-order chi connectivity index (χ0) is 23.4. The second kappa shape index (κ2) is 8.15. The lowest BCUT2D eigenvalue weighted by Gasteiger charge is -2.51. The van der Waals surface area contributed by atoms with Crippen LogP contribution in [0.25, 0.3) is 16.6 Å². The summed E-state index contributed by atoms with van der Waals surface area (Å²) in [7, 11) is 0. The Morgan fingerprint density at radius 3 is 2.88 bits per heavy atom. The zero-order valence-electron chi connectivity index (χ0n) is 18.5. The SMILES string of the molecule is C=CC(=O)N1CC(N2CCN3c4ccc(-c5cc(Br)cn6ncc(C#N)c56)cc4OC[C@H]3C2)C1. The summed E-state index contributed by atoms with van der Waals surface area (Å²) in [5.41, 5.74) is 4.36. The molecule has 2 saturated heterocycles. The summed E-state index contributed by atoms with van der Waals surface area (Å²) < 4.78 is 8.87. The fraction of sp³-hybridized carbons (Fsp3) is 0.320. The van der Waals surface area contributed by atoms with Gasteiger partial charge in [-0.15, -0.1) is 0 Å². The van der Waals surface area contributed by atoms with E-state index in [1.165, 1.54) is 6.08 Å². The second-order valence-electron chi connectivity index (χ2n) is 8.97. The molecular formula is C25H23BrN6O2. The minimum absolute atomic E-state index is 0.0150. The number of anilines is 1. The lowest BCUT2D eigenvalue weighted by atomic mass is 9.99. The molecule has 6 rings (SSSR count). The molecule has 0 unspecified atom stereocenters. The van der Waals surface area contributed by atoms with E-state index in [0.29, 0.717) is 18.2 Å². The summed E-state index contributed by atoms with van der Waals surface area (Å²) in [5.74, 6) is 0.880. The Morgan fingerprint density at radius 2 is 2.09 bits per heavy atom. The third-order valence-electron chi connectivity index (χ3n) is 7.09. The van der Waals surface area contributed by atoms with E-state index in [4.69, 9.17) is 4.74 Å². The smallest absolute Gasteiger partial charge is 0.246 e. The van der Waals surface area contributed by atoms with Crippen molar-refractivity contribution in [3.05, 3.63) is 59.4 Å². The molecule has 0 N–H and O–H groups in total. The molecule has 34 heavy (non-hydrogen) atoms. The van der Waals surface area contributed by atoms with Gasteiger partial charge in [-0.3, -0.25) is 9.69 Å². The lowest BCUT2D eigenvalue weighted by molar-refractivity contribution is -0.133. The van der Waals surface area contributed by atoms with Gasteiger partial charge in [-0.25, -0.2) is 4.52 Å². The normalized spacial score (nSPS) is 20.2. The van der Waals surface area contributed by atoms with Crippen LogP contribution in [0.2, 0.25) is 0 Å². The van der Waals surface area contributed by atoms with Gasteiger partial charge in [0.2, 0.25) is 5.91 Å². The van der Waals surface area contributed by atoms with Crippen molar-refractivity contribution < 1.29 is 9.53 Å². The van der Waals surface area contributed by atoms with E-state index in [1.54, 1.807) is 10.7 Å². The molecule has 1 atom stereocenters. The van der Waals surface area contributed by atoms with Gasteiger partial charge in [0, 0.05) is 55.0 Å². The predicted molar refractivity (Wildman–Crippen MR) is 132 cm³/mol. The van der Waals surface area contributed by atoms with Crippen molar-refractivity contribution in [3.63, 3.8) is 0 Å². The highest BCUT2D eigenvalue weighted by atomic mass is 79.9. The number of nitrogens with zero attached hydrogens (tertiary/aromatic N) is 6. The minimum Gasteiger partial charge on any atom is -0.489 e. The van der Waals surface area contributed by atoms with Gasteiger partial charge < -0.3 is 14.5 Å². The first-order chi connectivity index (χ1) is 16.6. The highest BCUT2D eigenvalue weighted by Gasteiger charge is 2.40. The number of aromatic nitrogens is 2. The van der Waals surface area contributed by atoms with Gasteiger partial charge in [-0.05, 0) is 45.8 Å². The van der Waals surface area contributed by atoms with E-state index in [9.17, 15) is 10.1 Å². The number of piperazine rings is 1. The van der Waals surface area contributed by atoms with Crippen LogP contribution in [0.5, 0.6) is 5.75 Å². The summed E-state index contributed by atoms with van der Waals surface area (Å²) in [6.07, 6.45) is 4.84. The number of likely N-dealkylation sites (tertiary alicyclic amines) is 1. The van der Waals surface area contributed by atoms with Crippen LogP contribution in [0.3, 0.4) is 0 Å². The molecule has 3 aliphatic heterocycles. The Bertz CT molecular complexity index is 1360. The maximum Gasteiger partial charge on any atom is 0.246 e. The number of pyridine rings is 1. The molecule has 0 spiro atoms. The molecule has 0 saturated carbocycles. The van der Waals surface area contributed by atoms with Crippen LogP contribution >= 0.6 is 15.9 Å². The Balaban J connectivity index is 1.24. The van der Waals surface area contributed by atoms with E-state index in [2.05, 4.69) is 61.7 Å². The standard InChI is InChI=1S/C25H23BrN6O2/c1-2-24(33)30-12-19(13-30)29-5-6-31-20(14-29)15-34-23-7-16(3-4-22(23)31)21-8-18(26)11-32-25(21)17(9-27)10-28-32/h2-4,7-8,10-11,19-20H,1,5-6,12-15H2/t20-/m1/s1. The molecule has 2 fully saturated rings. The number of hydrogen-bond acceptors (Lipinski definition) is 6. The van der Waals surface area contributed by atoms with Gasteiger partial charge in [-0.2, -0.15) is 10.4 Å². The number of ether oxygens (including phenoxy) is 1. The van der Waals surface area contributed by atoms with E-state index in [1.807, 2.05) is 17.2 Å². The topological polar surface area (TPSA) is 77.1 Å². The largest absolute Gasteiger partial charge is 0.489 e. The van der Waals surface area contributed by atoms with Crippen molar-refractivity contribution in [2.24, 2.45) is 0 Å². The predicted octanol–water partition coefficient (Wildman–Crippen LogP) is 2.92. The zero-order valence-corrected chi connectivity index (χ0v) is 20.1.